The number of carbonyl (C=O) groups is 2. The van der Waals surface area contributed by atoms with Crippen LogP contribution in [-0.4, -0.2) is 45.3 Å². The molecule has 0 saturated carbocycles. The van der Waals surface area contributed by atoms with Crippen LogP contribution in [0.5, 0.6) is 0 Å². The number of likely N-dealkylation sites (tertiary alicyclic amines) is 1. The fourth-order valence-electron chi connectivity index (χ4n) is 3.62. The molecule has 1 fully saturated rings. The zero-order valence-electron chi connectivity index (χ0n) is 15.4. The van der Waals surface area contributed by atoms with E-state index in [-0.39, 0.29) is 24.2 Å². The summed E-state index contributed by atoms with van der Waals surface area (Å²) in [5, 5.41) is 10.6. The molecule has 7 heteroatoms. The highest BCUT2D eigenvalue weighted by Crippen LogP contribution is 2.32. The first-order valence-corrected chi connectivity index (χ1v) is 8.94. The second kappa shape index (κ2) is 7.68. The predicted octanol–water partition coefficient (Wildman–Crippen LogP) is 2.50. The van der Waals surface area contributed by atoms with Gasteiger partial charge in [0.2, 0.25) is 5.91 Å². The van der Waals surface area contributed by atoms with Gasteiger partial charge in [0.15, 0.2) is 5.69 Å². The number of rotatable bonds is 5. The Morgan fingerprint density at radius 2 is 1.96 bits per heavy atom. The molecule has 138 valence electrons. The molecule has 3 rings (SSSR count). The number of H-pyrrole nitrogens is 1. The topological polar surface area (TPSA) is 88.2 Å². The lowest BCUT2D eigenvalue weighted by molar-refractivity contribution is -0.131. The van der Waals surface area contributed by atoms with Gasteiger partial charge in [0.05, 0.1) is 19.1 Å². The van der Waals surface area contributed by atoms with Crippen LogP contribution < -0.4 is 0 Å². The summed E-state index contributed by atoms with van der Waals surface area (Å²) in [5.41, 5.74) is 3.96. The summed E-state index contributed by atoms with van der Waals surface area (Å²) in [4.78, 5) is 26.8. The number of hydrogen-bond donors (Lipinski definition) is 1. The molecular weight excluding hydrogens is 332 g/mol. The zero-order valence-corrected chi connectivity index (χ0v) is 15.4. The standard InChI is InChI=1S/C19H24N4O3/c1-4-26-19(25)18-17(20-22-21-18)15-6-5-7-23(15)16(24)11-14-9-12(2)8-13(3)10-14/h8-10,15H,4-7,11H2,1-3H3,(H,20,21,22). The molecule has 1 atom stereocenters. The molecular formula is C19H24N4O3. The summed E-state index contributed by atoms with van der Waals surface area (Å²) in [5.74, 6) is -0.472. The molecule has 26 heavy (non-hydrogen) atoms. The van der Waals surface area contributed by atoms with Crippen LogP contribution in [0, 0.1) is 13.8 Å². The second-order valence-electron chi connectivity index (χ2n) is 6.70. The number of amides is 1. The van der Waals surface area contributed by atoms with Crippen LogP contribution in [0.25, 0.3) is 0 Å². The van der Waals surface area contributed by atoms with Crippen LogP contribution in [-0.2, 0) is 16.0 Å². The largest absolute Gasteiger partial charge is 0.461 e. The van der Waals surface area contributed by atoms with Crippen molar-refractivity contribution in [3.8, 4) is 0 Å². The van der Waals surface area contributed by atoms with Crippen molar-refractivity contribution in [3.63, 3.8) is 0 Å². The Hall–Kier alpha value is -2.70. The Morgan fingerprint density at radius 3 is 2.65 bits per heavy atom. The summed E-state index contributed by atoms with van der Waals surface area (Å²) in [6.07, 6.45) is 1.97. The predicted molar refractivity (Wildman–Crippen MR) is 95.6 cm³/mol. The molecule has 1 aromatic carbocycles. The van der Waals surface area contributed by atoms with Gasteiger partial charge in [0.1, 0.15) is 5.69 Å². The molecule has 1 amide bonds. The molecule has 1 aliphatic heterocycles. The van der Waals surface area contributed by atoms with Crippen molar-refractivity contribution in [2.75, 3.05) is 13.2 Å². The molecule has 2 heterocycles. The van der Waals surface area contributed by atoms with Gasteiger partial charge < -0.3 is 9.64 Å². The minimum atomic E-state index is -0.509. The lowest BCUT2D eigenvalue weighted by atomic mass is 10.0. The van der Waals surface area contributed by atoms with Crippen LogP contribution in [0.1, 0.15) is 58.7 Å². The number of esters is 1. The Morgan fingerprint density at radius 1 is 1.23 bits per heavy atom. The van der Waals surface area contributed by atoms with E-state index in [1.807, 2.05) is 26.0 Å². The Balaban J connectivity index is 1.79. The third-order valence-corrected chi connectivity index (χ3v) is 4.57. The monoisotopic (exact) mass is 356 g/mol. The average Bonchev–Trinajstić information content (AvgIpc) is 3.23. The maximum Gasteiger partial charge on any atom is 0.360 e. The van der Waals surface area contributed by atoms with Gasteiger partial charge in [-0.3, -0.25) is 4.79 Å². The number of carbonyl (C=O) groups excluding carboxylic acids is 2. The molecule has 1 unspecified atom stereocenters. The van der Waals surface area contributed by atoms with E-state index in [2.05, 4.69) is 21.5 Å². The molecule has 1 aliphatic rings. The van der Waals surface area contributed by atoms with Crippen molar-refractivity contribution in [2.45, 2.75) is 46.1 Å². The highest BCUT2D eigenvalue weighted by Gasteiger charge is 2.35. The molecule has 7 nitrogen and oxygen atoms in total. The molecule has 0 radical (unpaired) electrons. The Labute approximate surface area is 152 Å². The van der Waals surface area contributed by atoms with Gasteiger partial charge in [-0.25, -0.2) is 4.79 Å². The maximum absolute atomic E-state index is 12.9. The smallest absolute Gasteiger partial charge is 0.360 e. The third-order valence-electron chi connectivity index (χ3n) is 4.57. The van der Waals surface area contributed by atoms with Gasteiger partial charge in [0.25, 0.3) is 0 Å². The third kappa shape index (κ3) is 3.76. The molecule has 0 aliphatic carbocycles. The normalized spacial score (nSPS) is 16.7. The fraction of sp³-hybridized carbons (Fsp3) is 0.474. The molecule has 0 bridgehead atoms. The number of hydrogen-bond acceptors (Lipinski definition) is 5. The molecule has 1 saturated heterocycles. The first kappa shape index (κ1) is 18.1. The Bertz CT molecular complexity index is 795. The number of benzene rings is 1. The SMILES string of the molecule is CCOC(=O)c1n[nH]nc1C1CCCN1C(=O)Cc1cc(C)cc(C)c1. The second-order valence-corrected chi connectivity index (χ2v) is 6.70. The summed E-state index contributed by atoms with van der Waals surface area (Å²) in [6.45, 7) is 6.72. The van der Waals surface area contributed by atoms with E-state index >= 15 is 0 Å². The quantitative estimate of drug-likeness (QED) is 0.832. The molecule has 1 aromatic heterocycles. The number of ether oxygens (including phenoxy) is 1. The van der Waals surface area contributed by atoms with Crippen molar-refractivity contribution in [3.05, 3.63) is 46.3 Å². The van der Waals surface area contributed by atoms with E-state index in [9.17, 15) is 9.59 Å². The lowest BCUT2D eigenvalue weighted by Crippen LogP contribution is -2.32. The number of aromatic amines is 1. The first-order valence-electron chi connectivity index (χ1n) is 8.94. The number of aryl methyl sites for hydroxylation is 2. The average molecular weight is 356 g/mol. The van der Waals surface area contributed by atoms with Crippen LogP contribution >= 0.6 is 0 Å². The van der Waals surface area contributed by atoms with Crippen molar-refractivity contribution in [2.24, 2.45) is 0 Å². The van der Waals surface area contributed by atoms with Crippen LogP contribution in [0.15, 0.2) is 18.2 Å². The molecule has 2 aromatic rings. The van der Waals surface area contributed by atoms with Crippen molar-refractivity contribution >= 4 is 11.9 Å². The number of nitrogens with one attached hydrogen (secondary N) is 1. The first-order chi connectivity index (χ1) is 12.5. The van der Waals surface area contributed by atoms with Gasteiger partial charge in [0, 0.05) is 6.54 Å². The number of aromatic nitrogens is 3. The Kier molecular flexibility index (Phi) is 5.35. The molecule has 0 spiro atoms. The van der Waals surface area contributed by atoms with Crippen molar-refractivity contribution in [1.29, 1.82) is 0 Å². The summed E-state index contributed by atoms with van der Waals surface area (Å²) in [7, 11) is 0. The number of nitrogens with zero attached hydrogens (tertiary/aromatic N) is 3. The summed E-state index contributed by atoms with van der Waals surface area (Å²) >= 11 is 0. The molecule has 1 N–H and O–H groups in total. The van der Waals surface area contributed by atoms with E-state index < -0.39 is 5.97 Å². The summed E-state index contributed by atoms with van der Waals surface area (Å²) in [6, 6.07) is 5.92. The van der Waals surface area contributed by atoms with Gasteiger partial charge >= 0.3 is 5.97 Å². The summed E-state index contributed by atoms with van der Waals surface area (Å²) < 4.78 is 5.04. The lowest BCUT2D eigenvalue weighted by Gasteiger charge is -2.24. The van der Waals surface area contributed by atoms with Crippen LogP contribution in [0.3, 0.4) is 0 Å². The van der Waals surface area contributed by atoms with E-state index in [0.29, 0.717) is 18.7 Å². The van der Waals surface area contributed by atoms with Crippen molar-refractivity contribution < 1.29 is 14.3 Å². The highest BCUT2D eigenvalue weighted by atomic mass is 16.5. The van der Waals surface area contributed by atoms with Gasteiger partial charge in [-0.05, 0) is 39.2 Å². The van der Waals surface area contributed by atoms with Gasteiger partial charge in [-0.15, -0.1) is 5.10 Å². The zero-order chi connectivity index (χ0) is 18.7. The van der Waals surface area contributed by atoms with Gasteiger partial charge in [-0.1, -0.05) is 29.3 Å². The van der Waals surface area contributed by atoms with E-state index in [0.717, 1.165) is 29.5 Å². The maximum atomic E-state index is 12.9. The van der Waals surface area contributed by atoms with Crippen LogP contribution in [0.2, 0.25) is 0 Å². The van der Waals surface area contributed by atoms with E-state index in [1.165, 1.54) is 0 Å². The fourth-order valence-corrected chi connectivity index (χ4v) is 3.62. The van der Waals surface area contributed by atoms with E-state index in [4.69, 9.17) is 4.74 Å². The minimum Gasteiger partial charge on any atom is -0.461 e. The highest BCUT2D eigenvalue weighted by molar-refractivity contribution is 5.89. The van der Waals surface area contributed by atoms with Crippen LogP contribution in [0.4, 0.5) is 0 Å². The minimum absolute atomic E-state index is 0.0373. The van der Waals surface area contributed by atoms with Crippen molar-refractivity contribution in [1.82, 2.24) is 20.3 Å². The van der Waals surface area contributed by atoms with Gasteiger partial charge in [-0.2, -0.15) is 10.3 Å². The van der Waals surface area contributed by atoms with E-state index in [1.54, 1.807) is 11.8 Å².